The molecular formula is C15H19N3O3S2. The maximum Gasteiger partial charge on any atom is 0.357 e. The molecule has 2 aromatic heterocycles. The predicted molar refractivity (Wildman–Crippen MR) is 93.3 cm³/mol. The molecule has 0 bridgehead atoms. The normalized spacial score (nSPS) is 12.0. The lowest BCUT2D eigenvalue weighted by Gasteiger charge is -2.17. The SMILES string of the molecule is COC(=O)c1nc(NC(=O)[C@@H](CCSC)n2cccc2)sc1C. The Labute approximate surface area is 143 Å². The Hall–Kier alpha value is -1.80. The van der Waals surface area contributed by atoms with Crippen LogP contribution >= 0.6 is 23.1 Å². The summed E-state index contributed by atoms with van der Waals surface area (Å²) in [7, 11) is 1.31. The smallest absolute Gasteiger partial charge is 0.357 e. The number of rotatable bonds is 7. The van der Waals surface area contributed by atoms with Crippen molar-refractivity contribution in [3.63, 3.8) is 0 Å². The van der Waals surface area contributed by atoms with E-state index >= 15 is 0 Å². The fraction of sp³-hybridized carbons (Fsp3) is 0.400. The van der Waals surface area contributed by atoms with Crippen LogP contribution in [0.3, 0.4) is 0 Å². The van der Waals surface area contributed by atoms with Crippen LogP contribution in [0.5, 0.6) is 0 Å². The molecule has 8 heteroatoms. The first kappa shape index (κ1) is 17.6. The summed E-state index contributed by atoms with van der Waals surface area (Å²) in [6.07, 6.45) is 6.47. The fourth-order valence-electron chi connectivity index (χ4n) is 2.13. The minimum atomic E-state index is -0.497. The van der Waals surface area contributed by atoms with E-state index in [0.29, 0.717) is 10.0 Å². The number of carbonyl (C=O) groups excluding carboxylic acids is 2. The van der Waals surface area contributed by atoms with Crippen LogP contribution in [0.1, 0.15) is 27.8 Å². The third kappa shape index (κ3) is 4.35. The molecule has 1 amide bonds. The van der Waals surface area contributed by atoms with Crippen LogP contribution in [-0.2, 0) is 9.53 Å². The second kappa shape index (κ2) is 8.16. The highest BCUT2D eigenvalue weighted by Crippen LogP contribution is 2.24. The second-order valence-electron chi connectivity index (χ2n) is 4.83. The Bertz CT molecular complexity index is 668. The zero-order valence-electron chi connectivity index (χ0n) is 13.2. The van der Waals surface area contributed by atoms with Gasteiger partial charge >= 0.3 is 5.97 Å². The number of nitrogens with zero attached hydrogens (tertiary/aromatic N) is 2. The number of hydrogen-bond acceptors (Lipinski definition) is 6. The number of aryl methyl sites for hydroxylation is 1. The van der Waals surface area contributed by atoms with Gasteiger partial charge in [0.15, 0.2) is 10.8 Å². The molecule has 0 saturated carbocycles. The lowest BCUT2D eigenvalue weighted by Crippen LogP contribution is -2.26. The number of thioether (sulfide) groups is 1. The summed E-state index contributed by atoms with van der Waals surface area (Å²) in [5.41, 5.74) is 0.245. The monoisotopic (exact) mass is 353 g/mol. The highest BCUT2D eigenvalue weighted by atomic mass is 32.2. The summed E-state index contributed by atoms with van der Waals surface area (Å²) in [5, 5.41) is 3.22. The largest absolute Gasteiger partial charge is 0.464 e. The van der Waals surface area contributed by atoms with Crippen molar-refractivity contribution >= 4 is 40.1 Å². The van der Waals surface area contributed by atoms with E-state index in [9.17, 15) is 9.59 Å². The van der Waals surface area contributed by atoms with Crippen molar-refractivity contribution in [3.8, 4) is 0 Å². The first-order valence-electron chi connectivity index (χ1n) is 7.04. The highest BCUT2D eigenvalue weighted by molar-refractivity contribution is 7.98. The number of amides is 1. The highest BCUT2D eigenvalue weighted by Gasteiger charge is 2.22. The minimum absolute atomic E-state index is 0.139. The van der Waals surface area contributed by atoms with Gasteiger partial charge in [-0.1, -0.05) is 0 Å². The molecule has 1 N–H and O–H groups in total. The zero-order valence-corrected chi connectivity index (χ0v) is 14.9. The van der Waals surface area contributed by atoms with Gasteiger partial charge in [0, 0.05) is 17.3 Å². The van der Waals surface area contributed by atoms with Gasteiger partial charge in [-0.15, -0.1) is 11.3 Å². The van der Waals surface area contributed by atoms with Gasteiger partial charge in [-0.3, -0.25) is 4.79 Å². The molecule has 0 aliphatic rings. The van der Waals surface area contributed by atoms with E-state index in [4.69, 9.17) is 0 Å². The van der Waals surface area contributed by atoms with Crippen molar-refractivity contribution in [1.82, 2.24) is 9.55 Å². The average Bonchev–Trinajstić information content (AvgIpc) is 3.17. The van der Waals surface area contributed by atoms with E-state index in [1.165, 1.54) is 18.4 Å². The first-order chi connectivity index (χ1) is 11.1. The van der Waals surface area contributed by atoms with Crippen molar-refractivity contribution < 1.29 is 14.3 Å². The Balaban J connectivity index is 2.14. The van der Waals surface area contributed by atoms with Crippen LogP contribution in [0.2, 0.25) is 0 Å². The Morgan fingerprint density at radius 3 is 2.74 bits per heavy atom. The molecule has 2 rings (SSSR count). The quantitative estimate of drug-likeness (QED) is 0.775. The standard InChI is InChI=1S/C15H19N3O3S2/c1-10-12(14(20)21-2)16-15(23-10)17-13(19)11(6-9-22-3)18-7-4-5-8-18/h4-5,7-8,11H,6,9H2,1-3H3,(H,16,17,19)/t11-/m1/s1. The summed E-state index contributed by atoms with van der Waals surface area (Å²) in [5.74, 6) is 0.240. The molecule has 1 atom stereocenters. The summed E-state index contributed by atoms with van der Waals surface area (Å²) in [6, 6.07) is 3.48. The molecule has 6 nitrogen and oxygen atoms in total. The van der Waals surface area contributed by atoms with Crippen LogP contribution in [0.25, 0.3) is 0 Å². The van der Waals surface area contributed by atoms with E-state index < -0.39 is 5.97 Å². The molecule has 0 aliphatic carbocycles. The van der Waals surface area contributed by atoms with Gasteiger partial charge in [-0.2, -0.15) is 11.8 Å². The molecule has 2 aromatic rings. The van der Waals surface area contributed by atoms with Gasteiger partial charge in [0.2, 0.25) is 5.91 Å². The van der Waals surface area contributed by atoms with Crippen molar-refractivity contribution in [2.45, 2.75) is 19.4 Å². The summed E-state index contributed by atoms with van der Waals surface area (Å²) >= 11 is 2.96. The number of thiazole rings is 1. The predicted octanol–water partition coefficient (Wildman–Crippen LogP) is 2.97. The lowest BCUT2D eigenvalue weighted by molar-refractivity contribution is -0.119. The van der Waals surface area contributed by atoms with Gasteiger partial charge in [0.25, 0.3) is 0 Å². The summed E-state index contributed by atoms with van der Waals surface area (Å²) in [4.78, 5) is 29.1. The van der Waals surface area contributed by atoms with Gasteiger partial charge in [-0.25, -0.2) is 9.78 Å². The van der Waals surface area contributed by atoms with Crippen molar-refractivity contribution in [1.29, 1.82) is 0 Å². The van der Waals surface area contributed by atoms with E-state index in [-0.39, 0.29) is 17.6 Å². The molecule has 0 fully saturated rings. The maximum atomic E-state index is 12.6. The number of ether oxygens (including phenoxy) is 1. The number of anilines is 1. The Kier molecular flexibility index (Phi) is 6.23. The number of hydrogen-bond donors (Lipinski definition) is 1. The third-order valence-corrected chi connectivity index (χ3v) is 4.82. The number of methoxy groups -OCH3 is 1. The van der Waals surface area contributed by atoms with Crippen LogP contribution in [-0.4, -0.2) is 40.5 Å². The molecule has 124 valence electrons. The van der Waals surface area contributed by atoms with Gasteiger partial charge < -0.3 is 14.6 Å². The molecule has 0 spiro atoms. The van der Waals surface area contributed by atoms with Gasteiger partial charge in [-0.05, 0) is 37.5 Å². The number of esters is 1. The van der Waals surface area contributed by atoms with Crippen molar-refractivity contribution in [3.05, 3.63) is 35.1 Å². The zero-order chi connectivity index (χ0) is 16.8. The molecule has 0 aliphatic heterocycles. The maximum absolute atomic E-state index is 12.6. The van der Waals surface area contributed by atoms with Crippen molar-refractivity contribution in [2.75, 3.05) is 24.4 Å². The molecular weight excluding hydrogens is 334 g/mol. The van der Waals surface area contributed by atoms with Crippen LogP contribution in [0.15, 0.2) is 24.5 Å². The summed E-state index contributed by atoms with van der Waals surface area (Å²) < 4.78 is 6.56. The number of nitrogens with one attached hydrogen (secondary N) is 1. The topological polar surface area (TPSA) is 73.2 Å². The van der Waals surface area contributed by atoms with E-state index in [2.05, 4.69) is 15.0 Å². The third-order valence-electron chi connectivity index (χ3n) is 3.29. The van der Waals surface area contributed by atoms with E-state index in [1.807, 2.05) is 35.3 Å². The summed E-state index contributed by atoms with van der Waals surface area (Å²) in [6.45, 7) is 1.77. The average molecular weight is 353 g/mol. The molecule has 0 aromatic carbocycles. The molecule has 0 unspecified atom stereocenters. The first-order valence-corrected chi connectivity index (χ1v) is 9.25. The fourth-order valence-corrected chi connectivity index (χ4v) is 3.39. The van der Waals surface area contributed by atoms with Crippen LogP contribution < -0.4 is 5.32 Å². The molecule has 23 heavy (non-hydrogen) atoms. The van der Waals surface area contributed by atoms with E-state index in [1.54, 1.807) is 18.7 Å². The van der Waals surface area contributed by atoms with Crippen molar-refractivity contribution in [2.24, 2.45) is 0 Å². The molecule has 0 saturated heterocycles. The van der Waals surface area contributed by atoms with Gasteiger partial charge in [0.1, 0.15) is 6.04 Å². The minimum Gasteiger partial charge on any atom is -0.464 e. The number of carbonyl (C=O) groups is 2. The Morgan fingerprint density at radius 1 is 1.43 bits per heavy atom. The van der Waals surface area contributed by atoms with E-state index in [0.717, 1.165) is 12.2 Å². The second-order valence-corrected chi connectivity index (χ2v) is 7.02. The molecule has 0 radical (unpaired) electrons. The molecule has 2 heterocycles. The Morgan fingerprint density at radius 2 is 2.13 bits per heavy atom. The lowest BCUT2D eigenvalue weighted by atomic mass is 10.2. The van der Waals surface area contributed by atoms with Crippen LogP contribution in [0, 0.1) is 6.92 Å². The van der Waals surface area contributed by atoms with Gasteiger partial charge in [0.05, 0.1) is 7.11 Å². The van der Waals surface area contributed by atoms with Crippen LogP contribution in [0.4, 0.5) is 5.13 Å². The number of aromatic nitrogens is 2.